The monoisotopic (exact) mass is 782 g/mol. The fraction of sp³-hybridized carbons (Fsp3) is 1.00. The van der Waals surface area contributed by atoms with Gasteiger partial charge in [0.25, 0.3) is 0 Å². The van der Waals surface area contributed by atoms with Crippen molar-refractivity contribution in [2.24, 2.45) is 0 Å². The van der Waals surface area contributed by atoms with Gasteiger partial charge in [0, 0.05) is 52.4 Å². The third-order valence-corrected chi connectivity index (χ3v) is 9.93. The Bertz CT molecular complexity index is 545. The molecule has 2 aliphatic rings. The second-order valence-corrected chi connectivity index (χ2v) is 13.8. The molecule has 0 spiro atoms. The normalized spacial score (nSPS) is 16.2. The van der Waals surface area contributed by atoms with E-state index in [9.17, 15) is 0 Å². The lowest BCUT2D eigenvalue weighted by Gasteiger charge is -2.41. The maximum absolute atomic E-state index is 5.71. The maximum Gasteiger partial charge on any atom is 0.0608 e. The molecule has 8 heteroatoms. The summed E-state index contributed by atoms with van der Waals surface area (Å²) in [7, 11) is 0. The highest BCUT2D eigenvalue weighted by molar-refractivity contribution is 8.93. The first-order chi connectivity index (χ1) is 21.8. The van der Waals surface area contributed by atoms with E-state index in [4.69, 9.17) is 9.47 Å². The molecule has 46 heavy (non-hydrogen) atoms. The topological polar surface area (TPSA) is 31.4 Å². The summed E-state index contributed by atoms with van der Waals surface area (Å²) in [5, 5.41) is 10.6. The average molecular weight is 785 g/mol. The van der Waals surface area contributed by atoms with Gasteiger partial charge in [0.1, 0.15) is 0 Å². The molecule has 0 radical (unpaired) electrons. The Morgan fingerprint density at radius 1 is 0.348 bits per heavy atom. The minimum absolute atomic E-state index is 0. The number of ether oxygens (including phenoxy) is 2. The van der Waals surface area contributed by atoms with Crippen molar-refractivity contribution in [1.29, 1.82) is 0 Å². The van der Waals surface area contributed by atoms with Crippen LogP contribution in [0, 0.1) is 0 Å². The Labute approximate surface area is 308 Å². The largest absolute Gasteiger partial charge is 0.379 e. The van der Waals surface area contributed by atoms with E-state index >= 15 is 0 Å². The van der Waals surface area contributed by atoms with Crippen molar-refractivity contribution in [3.05, 3.63) is 0 Å². The van der Waals surface area contributed by atoms with E-state index in [-0.39, 0.29) is 34.0 Å². The molecule has 0 aromatic heterocycles. The summed E-state index contributed by atoms with van der Waals surface area (Å²) in [6.07, 6.45) is 34.0. The molecule has 0 amide bonds. The fourth-order valence-corrected chi connectivity index (χ4v) is 6.96. The van der Waals surface area contributed by atoms with Gasteiger partial charge in [-0.25, -0.2) is 20.0 Å². The first kappa shape index (κ1) is 46.7. The summed E-state index contributed by atoms with van der Waals surface area (Å²) in [6.45, 7) is 17.0. The van der Waals surface area contributed by atoms with Gasteiger partial charge in [-0.05, 0) is 12.8 Å². The van der Waals surface area contributed by atoms with Crippen molar-refractivity contribution in [3.63, 3.8) is 0 Å². The molecule has 0 atom stereocenters. The number of hydrogen-bond donors (Lipinski definition) is 0. The highest BCUT2D eigenvalue weighted by Gasteiger charge is 2.22. The number of hydrogen-bond acceptors (Lipinski definition) is 6. The van der Waals surface area contributed by atoms with Crippen LogP contribution in [-0.4, -0.2) is 98.8 Å². The molecule has 2 saturated heterocycles. The number of nitrogens with zero attached hydrogens (tertiary/aromatic N) is 4. The predicted molar refractivity (Wildman–Crippen MR) is 211 cm³/mol. The summed E-state index contributed by atoms with van der Waals surface area (Å²) in [4.78, 5) is 0. The van der Waals surface area contributed by atoms with Crippen LogP contribution in [-0.2, 0) is 9.47 Å². The van der Waals surface area contributed by atoms with Gasteiger partial charge in [-0.1, -0.05) is 155 Å². The molecule has 6 nitrogen and oxygen atoms in total. The lowest BCUT2D eigenvalue weighted by atomic mass is 10.1. The Morgan fingerprint density at radius 2 is 0.587 bits per heavy atom. The number of morpholine rings is 2. The van der Waals surface area contributed by atoms with Crippen molar-refractivity contribution in [2.75, 3.05) is 78.8 Å². The lowest BCUT2D eigenvalue weighted by Crippen LogP contribution is -2.55. The van der Waals surface area contributed by atoms with Crippen LogP contribution in [0.5, 0.6) is 0 Å². The number of rotatable bonds is 31. The molecule has 0 bridgehead atoms. The predicted octanol–water partition coefficient (Wildman–Crippen LogP) is 10.6. The minimum atomic E-state index is 0. The molecule has 278 valence electrons. The van der Waals surface area contributed by atoms with Gasteiger partial charge < -0.3 is 9.47 Å². The van der Waals surface area contributed by atoms with Crippen LogP contribution in [0.1, 0.15) is 168 Å². The highest BCUT2D eigenvalue weighted by Crippen LogP contribution is 2.15. The third kappa shape index (κ3) is 25.7. The van der Waals surface area contributed by atoms with Crippen molar-refractivity contribution in [1.82, 2.24) is 20.0 Å². The van der Waals surface area contributed by atoms with Crippen molar-refractivity contribution in [3.8, 4) is 0 Å². The summed E-state index contributed by atoms with van der Waals surface area (Å²) < 4.78 is 11.4. The molecule has 2 fully saturated rings. The second-order valence-electron chi connectivity index (χ2n) is 13.8. The van der Waals surface area contributed by atoms with Crippen LogP contribution < -0.4 is 0 Å². The zero-order valence-electron chi connectivity index (χ0n) is 30.9. The van der Waals surface area contributed by atoms with E-state index in [1.807, 2.05) is 0 Å². The van der Waals surface area contributed by atoms with Crippen LogP contribution in [0.3, 0.4) is 0 Å². The van der Waals surface area contributed by atoms with Crippen LogP contribution >= 0.6 is 34.0 Å². The van der Waals surface area contributed by atoms with Gasteiger partial charge in [0.2, 0.25) is 0 Å². The standard InChI is InChI=1S/C38H78N4O2.2BrH/c1-3-5-7-9-11-13-15-17-19-21-23-25-27-39(41-31-35-43-36-32-41)29-30-40(42-33-37-44-38-34-42)28-26-24-22-20-18-16-14-12-10-8-6-4-2;;/h3-38H2,1-2H3;2*1H. The van der Waals surface area contributed by atoms with Crippen LogP contribution in [0.25, 0.3) is 0 Å². The van der Waals surface area contributed by atoms with E-state index in [1.165, 1.54) is 167 Å². The lowest BCUT2D eigenvalue weighted by molar-refractivity contribution is -0.121. The quantitative estimate of drug-likeness (QED) is 0.0651. The summed E-state index contributed by atoms with van der Waals surface area (Å²) >= 11 is 0. The highest BCUT2D eigenvalue weighted by atomic mass is 79.9. The molecular weight excluding hydrogens is 704 g/mol. The average Bonchev–Trinajstić information content (AvgIpc) is 3.06. The molecule has 2 heterocycles. The molecule has 0 N–H and O–H groups in total. The zero-order valence-corrected chi connectivity index (χ0v) is 34.3. The Kier molecular flexibility index (Phi) is 36.1. The fourth-order valence-electron chi connectivity index (χ4n) is 6.96. The van der Waals surface area contributed by atoms with E-state index < -0.39 is 0 Å². The molecule has 0 aliphatic carbocycles. The van der Waals surface area contributed by atoms with E-state index in [2.05, 4.69) is 33.9 Å². The van der Waals surface area contributed by atoms with Gasteiger partial charge >= 0.3 is 0 Å². The molecule has 2 aliphatic heterocycles. The molecule has 0 aromatic rings. The van der Waals surface area contributed by atoms with Crippen LogP contribution in [0.2, 0.25) is 0 Å². The first-order valence-corrected chi connectivity index (χ1v) is 20.0. The zero-order chi connectivity index (χ0) is 31.2. The molecule has 0 aromatic carbocycles. The SMILES string of the molecule is Br.Br.CCCCCCCCCCCCCCN(CCN(CCCCCCCCCCCCCC)N1CCOCC1)N1CCOCC1. The number of unbranched alkanes of at least 4 members (excludes halogenated alkanes) is 22. The van der Waals surface area contributed by atoms with Gasteiger partial charge in [-0.15, -0.1) is 34.0 Å². The van der Waals surface area contributed by atoms with Gasteiger partial charge in [0.15, 0.2) is 0 Å². The van der Waals surface area contributed by atoms with Gasteiger partial charge in [0.05, 0.1) is 26.4 Å². The number of halogens is 2. The summed E-state index contributed by atoms with van der Waals surface area (Å²) in [6, 6.07) is 0. The minimum Gasteiger partial charge on any atom is -0.379 e. The van der Waals surface area contributed by atoms with E-state index in [1.54, 1.807) is 0 Å². The Hall–Kier alpha value is 0.720. The van der Waals surface area contributed by atoms with Crippen molar-refractivity contribution < 1.29 is 9.47 Å². The van der Waals surface area contributed by atoms with Crippen LogP contribution in [0.4, 0.5) is 0 Å². The molecule has 0 saturated carbocycles. The molecule has 2 rings (SSSR count). The van der Waals surface area contributed by atoms with Crippen molar-refractivity contribution in [2.45, 2.75) is 168 Å². The number of hydrazine groups is 2. The van der Waals surface area contributed by atoms with Gasteiger partial charge in [-0.3, -0.25) is 0 Å². The van der Waals surface area contributed by atoms with E-state index in [0.29, 0.717) is 0 Å². The molecular formula is C38H80Br2N4O2. The molecule has 0 unspecified atom stereocenters. The second kappa shape index (κ2) is 35.5. The third-order valence-electron chi connectivity index (χ3n) is 9.93. The Morgan fingerprint density at radius 3 is 0.848 bits per heavy atom. The smallest absolute Gasteiger partial charge is 0.0608 e. The van der Waals surface area contributed by atoms with E-state index in [0.717, 1.165) is 65.7 Å². The first-order valence-electron chi connectivity index (χ1n) is 20.0. The van der Waals surface area contributed by atoms with Gasteiger partial charge in [-0.2, -0.15) is 0 Å². The van der Waals surface area contributed by atoms with Crippen LogP contribution in [0.15, 0.2) is 0 Å². The Balaban J connectivity index is 0.0000101. The summed E-state index contributed by atoms with van der Waals surface area (Å²) in [5.74, 6) is 0. The summed E-state index contributed by atoms with van der Waals surface area (Å²) in [5.41, 5.74) is 0. The van der Waals surface area contributed by atoms with Crippen molar-refractivity contribution >= 4 is 34.0 Å². The maximum atomic E-state index is 5.71.